The van der Waals surface area contributed by atoms with Gasteiger partial charge in [0.05, 0.1) is 40.4 Å². The molecule has 5 atom stereocenters. The SMILES string of the molecule is COCC1OC(n2ccc(=O)n(CCOP(C)CO)c2=O)C(C(C)C)C1C(C)C. The largest absolute Gasteiger partial charge is 0.389 e. The van der Waals surface area contributed by atoms with E-state index >= 15 is 0 Å². The highest BCUT2D eigenvalue weighted by molar-refractivity contribution is 7.51. The Morgan fingerprint density at radius 1 is 1.21 bits per heavy atom. The van der Waals surface area contributed by atoms with Gasteiger partial charge in [-0.05, 0) is 24.4 Å². The fraction of sp³-hybridized carbons (Fsp3) is 0.800. The van der Waals surface area contributed by atoms with Crippen LogP contribution in [0.15, 0.2) is 21.9 Å². The number of rotatable bonds is 10. The lowest BCUT2D eigenvalue weighted by atomic mass is 9.75. The van der Waals surface area contributed by atoms with Gasteiger partial charge in [0.1, 0.15) is 6.23 Å². The maximum Gasteiger partial charge on any atom is 0.333 e. The molecule has 166 valence electrons. The van der Waals surface area contributed by atoms with Crippen molar-refractivity contribution < 1.29 is 19.1 Å². The van der Waals surface area contributed by atoms with Crippen LogP contribution < -0.4 is 11.2 Å². The fourth-order valence-electron chi connectivity index (χ4n) is 4.27. The summed E-state index contributed by atoms with van der Waals surface area (Å²) in [5.41, 5.74) is -0.769. The summed E-state index contributed by atoms with van der Waals surface area (Å²) in [5, 5.41) is 9.09. The van der Waals surface area contributed by atoms with Crippen molar-refractivity contribution in [2.45, 2.75) is 46.6 Å². The van der Waals surface area contributed by atoms with Gasteiger partial charge in [-0.1, -0.05) is 27.7 Å². The first-order chi connectivity index (χ1) is 13.7. The quantitative estimate of drug-likeness (QED) is 0.572. The van der Waals surface area contributed by atoms with E-state index in [0.717, 1.165) is 0 Å². The van der Waals surface area contributed by atoms with Crippen LogP contribution in [0.3, 0.4) is 0 Å². The average Bonchev–Trinajstić information content (AvgIpc) is 3.04. The molecule has 1 aromatic heterocycles. The van der Waals surface area contributed by atoms with E-state index in [-0.39, 0.29) is 48.9 Å². The van der Waals surface area contributed by atoms with Crippen LogP contribution in [0, 0.1) is 23.7 Å². The zero-order valence-corrected chi connectivity index (χ0v) is 19.2. The van der Waals surface area contributed by atoms with E-state index in [0.29, 0.717) is 12.5 Å². The zero-order chi connectivity index (χ0) is 21.7. The van der Waals surface area contributed by atoms with Gasteiger partial charge >= 0.3 is 5.69 Å². The number of aromatic nitrogens is 2. The minimum Gasteiger partial charge on any atom is -0.389 e. The Morgan fingerprint density at radius 3 is 2.41 bits per heavy atom. The summed E-state index contributed by atoms with van der Waals surface area (Å²) in [4.78, 5) is 25.4. The van der Waals surface area contributed by atoms with Gasteiger partial charge in [-0.15, -0.1) is 0 Å². The number of ether oxygens (including phenoxy) is 2. The Kier molecular flexibility index (Phi) is 9.04. The third kappa shape index (κ3) is 5.56. The molecule has 2 rings (SSSR count). The first kappa shape index (κ1) is 24.2. The highest BCUT2D eigenvalue weighted by atomic mass is 31.1. The van der Waals surface area contributed by atoms with Crippen LogP contribution in [-0.4, -0.2) is 53.7 Å². The van der Waals surface area contributed by atoms with Crippen LogP contribution in [0.4, 0.5) is 0 Å². The molecular weight excluding hydrogens is 395 g/mol. The second-order valence-corrected chi connectivity index (χ2v) is 10.1. The summed E-state index contributed by atoms with van der Waals surface area (Å²) >= 11 is 0. The molecule has 0 amide bonds. The van der Waals surface area contributed by atoms with E-state index in [4.69, 9.17) is 19.1 Å². The minimum absolute atomic E-state index is 0.0489. The summed E-state index contributed by atoms with van der Waals surface area (Å²) in [7, 11) is 0.696. The molecule has 0 saturated carbocycles. The molecule has 1 aliphatic rings. The van der Waals surface area contributed by atoms with Crippen molar-refractivity contribution in [1.82, 2.24) is 9.13 Å². The van der Waals surface area contributed by atoms with E-state index < -0.39 is 20.1 Å². The van der Waals surface area contributed by atoms with Gasteiger partial charge in [-0.25, -0.2) is 4.79 Å². The van der Waals surface area contributed by atoms with Crippen molar-refractivity contribution in [1.29, 1.82) is 0 Å². The monoisotopic (exact) mass is 430 g/mol. The molecule has 5 unspecified atom stereocenters. The van der Waals surface area contributed by atoms with Gasteiger partial charge in [-0.2, -0.15) is 0 Å². The van der Waals surface area contributed by atoms with Crippen LogP contribution >= 0.6 is 8.15 Å². The van der Waals surface area contributed by atoms with E-state index in [1.165, 1.54) is 21.4 Å². The standard InChI is InChI=1S/C20H35N2O6P/c1-13(2)17-15(11-26-5)28-19(18(17)14(3)4)22-8-7-16(24)21(20(22)25)9-10-27-29(6)12-23/h7-8,13-15,17-19,23H,9-12H2,1-6H3. The summed E-state index contributed by atoms with van der Waals surface area (Å²) < 4.78 is 19.9. The van der Waals surface area contributed by atoms with E-state index in [2.05, 4.69) is 27.7 Å². The molecule has 1 N–H and O–H groups in total. The smallest absolute Gasteiger partial charge is 0.333 e. The van der Waals surface area contributed by atoms with Crippen molar-refractivity contribution in [3.05, 3.63) is 33.1 Å². The molecule has 9 heteroatoms. The van der Waals surface area contributed by atoms with Crippen LogP contribution in [0.2, 0.25) is 0 Å². The maximum atomic E-state index is 13.1. The molecule has 0 radical (unpaired) electrons. The Morgan fingerprint density at radius 2 is 1.86 bits per heavy atom. The van der Waals surface area contributed by atoms with Gasteiger partial charge in [-0.3, -0.25) is 13.9 Å². The molecule has 0 aromatic carbocycles. The molecule has 8 nitrogen and oxygen atoms in total. The van der Waals surface area contributed by atoms with Crippen LogP contribution in [0.5, 0.6) is 0 Å². The Bertz CT molecular complexity index is 762. The van der Waals surface area contributed by atoms with Crippen LogP contribution in [-0.2, 0) is 20.5 Å². The Hall–Kier alpha value is -1.05. The molecule has 2 heterocycles. The van der Waals surface area contributed by atoms with E-state index in [1.807, 2.05) is 0 Å². The molecule has 1 aliphatic heterocycles. The van der Waals surface area contributed by atoms with Crippen molar-refractivity contribution in [2.75, 3.05) is 33.3 Å². The zero-order valence-electron chi connectivity index (χ0n) is 18.3. The summed E-state index contributed by atoms with van der Waals surface area (Å²) in [6, 6.07) is 1.40. The third-order valence-electron chi connectivity index (χ3n) is 5.58. The highest BCUT2D eigenvalue weighted by Gasteiger charge is 2.48. The third-order valence-corrected chi connectivity index (χ3v) is 6.60. The van der Waals surface area contributed by atoms with Crippen molar-refractivity contribution in [2.24, 2.45) is 23.7 Å². The van der Waals surface area contributed by atoms with Crippen LogP contribution in [0.25, 0.3) is 0 Å². The lowest BCUT2D eigenvalue weighted by Crippen LogP contribution is -2.43. The fourth-order valence-corrected chi connectivity index (χ4v) is 4.75. The van der Waals surface area contributed by atoms with E-state index in [1.54, 1.807) is 13.8 Å². The highest BCUT2D eigenvalue weighted by Crippen LogP contribution is 2.46. The predicted molar refractivity (Wildman–Crippen MR) is 113 cm³/mol. The number of methoxy groups -OCH3 is 1. The molecule has 29 heavy (non-hydrogen) atoms. The predicted octanol–water partition coefficient (Wildman–Crippen LogP) is 2.09. The summed E-state index contributed by atoms with van der Waals surface area (Å²) in [5.74, 6) is 1.01. The minimum atomic E-state index is -0.957. The van der Waals surface area contributed by atoms with Gasteiger partial charge in [0.15, 0.2) is 0 Å². The van der Waals surface area contributed by atoms with Gasteiger partial charge < -0.3 is 19.1 Å². The molecule has 1 aromatic rings. The Balaban J connectivity index is 2.37. The van der Waals surface area contributed by atoms with Gasteiger partial charge in [0, 0.05) is 25.3 Å². The first-order valence-corrected chi connectivity index (χ1v) is 12.0. The summed E-state index contributed by atoms with van der Waals surface area (Å²) in [6.45, 7) is 11.2. The summed E-state index contributed by atoms with van der Waals surface area (Å²) in [6.07, 6.45) is 0.923. The Labute approximate surface area is 173 Å². The molecule has 0 bridgehead atoms. The first-order valence-electron chi connectivity index (χ1n) is 10.1. The number of aliphatic hydroxyl groups is 1. The van der Waals surface area contributed by atoms with Crippen LogP contribution in [0.1, 0.15) is 33.9 Å². The number of nitrogens with zero attached hydrogens (tertiary/aromatic N) is 2. The molecule has 0 spiro atoms. The van der Waals surface area contributed by atoms with Crippen molar-refractivity contribution >= 4 is 8.15 Å². The number of hydrogen-bond acceptors (Lipinski definition) is 6. The topological polar surface area (TPSA) is 91.9 Å². The average molecular weight is 430 g/mol. The van der Waals surface area contributed by atoms with Gasteiger partial charge in [0.2, 0.25) is 0 Å². The maximum absolute atomic E-state index is 13.1. The second kappa shape index (κ2) is 10.8. The molecule has 1 saturated heterocycles. The van der Waals surface area contributed by atoms with Crippen molar-refractivity contribution in [3.8, 4) is 0 Å². The lowest BCUT2D eigenvalue weighted by Gasteiger charge is -2.30. The number of hydrogen-bond donors (Lipinski definition) is 1. The molecule has 1 fully saturated rings. The molecular formula is C20H35N2O6P. The normalized spacial score (nSPS) is 25.8. The molecule has 0 aliphatic carbocycles. The van der Waals surface area contributed by atoms with E-state index in [9.17, 15) is 9.59 Å². The van der Waals surface area contributed by atoms with Gasteiger partial charge in [0.25, 0.3) is 5.56 Å². The number of aliphatic hydroxyl groups excluding tert-OH is 1. The lowest BCUT2D eigenvalue weighted by molar-refractivity contribution is -0.0525. The van der Waals surface area contributed by atoms with Crippen molar-refractivity contribution in [3.63, 3.8) is 0 Å². The second-order valence-electron chi connectivity index (χ2n) is 8.26.